The van der Waals surface area contributed by atoms with Crippen molar-refractivity contribution in [2.24, 2.45) is 0 Å². The summed E-state index contributed by atoms with van der Waals surface area (Å²) in [5, 5.41) is 10.1. The lowest BCUT2D eigenvalue weighted by Crippen LogP contribution is -2.33. The van der Waals surface area contributed by atoms with Gasteiger partial charge in [-0.25, -0.2) is 0 Å². The van der Waals surface area contributed by atoms with Crippen molar-refractivity contribution in [3.05, 3.63) is 35.4 Å². The number of nitrogens with zero attached hydrogens (tertiary/aromatic N) is 2. The Bertz CT molecular complexity index is 480. The minimum Gasteiger partial charge on any atom is -0.390 e. The lowest BCUT2D eigenvalue weighted by atomic mass is 9.98. The monoisotopic (exact) mass is 290 g/mol. The normalized spacial score (nSPS) is 23.2. The first-order chi connectivity index (χ1) is 9.87. The van der Waals surface area contributed by atoms with Gasteiger partial charge in [-0.15, -0.1) is 0 Å². The van der Waals surface area contributed by atoms with Crippen LogP contribution >= 0.6 is 0 Å². The average Bonchev–Trinajstić information content (AvgIpc) is 2.59. The third-order valence-corrected chi connectivity index (χ3v) is 4.05. The second kappa shape index (κ2) is 6.58. The second-order valence-electron chi connectivity index (χ2n) is 6.58. The largest absolute Gasteiger partial charge is 0.390 e. The highest BCUT2D eigenvalue weighted by molar-refractivity contribution is 5.94. The fourth-order valence-corrected chi connectivity index (χ4v) is 2.77. The van der Waals surface area contributed by atoms with Gasteiger partial charge in [0.2, 0.25) is 0 Å². The van der Waals surface area contributed by atoms with Crippen LogP contribution in [0.4, 0.5) is 0 Å². The number of rotatable bonds is 3. The van der Waals surface area contributed by atoms with Gasteiger partial charge in [0.1, 0.15) is 0 Å². The van der Waals surface area contributed by atoms with Gasteiger partial charge in [-0.2, -0.15) is 0 Å². The molecule has 1 unspecified atom stereocenters. The van der Waals surface area contributed by atoms with Crippen LogP contribution in [0.1, 0.15) is 42.1 Å². The number of aliphatic hydroxyl groups is 1. The molecule has 116 valence electrons. The molecule has 1 saturated heterocycles. The zero-order valence-electron chi connectivity index (χ0n) is 13.3. The summed E-state index contributed by atoms with van der Waals surface area (Å²) in [7, 11) is 4.06. The maximum atomic E-state index is 12.5. The molecule has 1 fully saturated rings. The van der Waals surface area contributed by atoms with Crippen molar-refractivity contribution in [1.29, 1.82) is 0 Å². The molecule has 0 aromatic heterocycles. The number of hydrogen-bond acceptors (Lipinski definition) is 3. The molecule has 1 aliphatic heterocycles. The fourth-order valence-electron chi connectivity index (χ4n) is 2.77. The summed E-state index contributed by atoms with van der Waals surface area (Å²) in [6.45, 7) is 4.10. The molecule has 1 aliphatic rings. The van der Waals surface area contributed by atoms with Crippen LogP contribution in [0, 0.1) is 0 Å². The van der Waals surface area contributed by atoms with Gasteiger partial charge in [-0.05, 0) is 58.0 Å². The Morgan fingerprint density at radius 2 is 1.90 bits per heavy atom. The van der Waals surface area contributed by atoms with Gasteiger partial charge in [-0.1, -0.05) is 12.1 Å². The molecule has 1 atom stereocenters. The van der Waals surface area contributed by atoms with Crippen LogP contribution in [-0.2, 0) is 6.54 Å². The highest BCUT2D eigenvalue weighted by Gasteiger charge is 2.27. The molecular formula is C17H26N2O2. The van der Waals surface area contributed by atoms with E-state index in [4.69, 9.17) is 0 Å². The van der Waals surface area contributed by atoms with E-state index in [-0.39, 0.29) is 5.91 Å². The minimum absolute atomic E-state index is 0.0732. The van der Waals surface area contributed by atoms with E-state index in [1.807, 2.05) is 50.2 Å². The molecule has 4 nitrogen and oxygen atoms in total. The van der Waals surface area contributed by atoms with E-state index >= 15 is 0 Å². The number of likely N-dealkylation sites (tertiary alicyclic amines) is 1. The molecule has 1 N–H and O–H groups in total. The van der Waals surface area contributed by atoms with Crippen LogP contribution in [0.5, 0.6) is 0 Å². The molecule has 1 amide bonds. The van der Waals surface area contributed by atoms with E-state index in [9.17, 15) is 9.90 Å². The van der Waals surface area contributed by atoms with Gasteiger partial charge in [0, 0.05) is 25.2 Å². The molecule has 0 radical (unpaired) electrons. The zero-order valence-corrected chi connectivity index (χ0v) is 13.3. The van der Waals surface area contributed by atoms with Crippen LogP contribution in [0.15, 0.2) is 24.3 Å². The van der Waals surface area contributed by atoms with Crippen molar-refractivity contribution in [3.63, 3.8) is 0 Å². The van der Waals surface area contributed by atoms with Crippen molar-refractivity contribution >= 4 is 5.91 Å². The van der Waals surface area contributed by atoms with Crippen molar-refractivity contribution in [2.45, 2.75) is 38.3 Å². The Kier molecular flexibility index (Phi) is 5.01. The molecule has 1 aromatic carbocycles. The van der Waals surface area contributed by atoms with Gasteiger partial charge in [0.15, 0.2) is 0 Å². The highest BCUT2D eigenvalue weighted by atomic mass is 16.3. The summed E-state index contributed by atoms with van der Waals surface area (Å²) in [4.78, 5) is 16.5. The molecule has 0 saturated carbocycles. The second-order valence-corrected chi connectivity index (χ2v) is 6.58. The molecule has 0 spiro atoms. The molecular weight excluding hydrogens is 264 g/mol. The topological polar surface area (TPSA) is 43.8 Å². The Balaban J connectivity index is 2.02. The Morgan fingerprint density at radius 1 is 1.24 bits per heavy atom. The Hall–Kier alpha value is -1.39. The summed E-state index contributed by atoms with van der Waals surface area (Å²) in [5.41, 5.74) is 1.30. The molecule has 0 bridgehead atoms. The van der Waals surface area contributed by atoms with Crippen molar-refractivity contribution in [3.8, 4) is 0 Å². The first-order valence-corrected chi connectivity index (χ1v) is 7.63. The minimum atomic E-state index is -0.634. The number of carbonyl (C=O) groups excluding carboxylic acids is 1. The smallest absolute Gasteiger partial charge is 0.253 e. The SMILES string of the molecule is CN(C)Cc1ccc(C(=O)N2CCCC(C)(O)CC2)cc1. The van der Waals surface area contributed by atoms with Gasteiger partial charge >= 0.3 is 0 Å². The number of amides is 1. The lowest BCUT2D eigenvalue weighted by molar-refractivity contribution is 0.0438. The van der Waals surface area contributed by atoms with Crippen LogP contribution in [0.25, 0.3) is 0 Å². The van der Waals surface area contributed by atoms with Crippen LogP contribution < -0.4 is 0 Å². The molecule has 21 heavy (non-hydrogen) atoms. The summed E-state index contributed by atoms with van der Waals surface area (Å²) in [6.07, 6.45) is 2.27. The first kappa shape index (κ1) is 16.0. The summed E-state index contributed by atoms with van der Waals surface area (Å²) in [5.74, 6) is 0.0732. The predicted molar refractivity (Wildman–Crippen MR) is 84.2 cm³/mol. The Morgan fingerprint density at radius 3 is 2.52 bits per heavy atom. The quantitative estimate of drug-likeness (QED) is 0.927. The lowest BCUT2D eigenvalue weighted by Gasteiger charge is -2.22. The van der Waals surface area contributed by atoms with Crippen molar-refractivity contribution in [1.82, 2.24) is 9.80 Å². The molecule has 1 heterocycles. The number of carbonyl (C=O) groups is 1. The summed E-state index contributed by atoms with van der Waals surface area (Å²) in [6, 6.07) is 7.84. The number of hydrogen-bond donors (Lipinski definition) is 1. The van der Waals surface area contributed by atoms with E-state index in [0.29, 0.717) is 13.0 Å². The molecule has 0 aliphatic carbocycles. The highest BCUT2D eigenvalue weighted by Crippen LogP contribution is 2.22. The van der Waals surface area contributed by atoms with E-state index < -0.39 is 5.60 Å². The predicted octanol–water partition coefficient (Wildman–Crippen LogP) is 2.13. The third kappa shape index (κ3) is 4.55. The van der Waals surface area contributed by atoms with E-state index in [2.05, 4.69) is 4.90 Å². The van der Waals surface area contributed by atoms with Crippen LogP contribution in [0.3, 0.4) is 0 Å². The summed E-state index contributed by atoms with van der Waals surface area (Å²) < 4.78 is 0. The first-order valence-electron chi connectivity index (χ1n) is 7.63. The van der Waals surface area contributed by atoms with E-state index in [1.54, 1.807) is 0 Å². The summed E-state index contributed by atoms with van der Waals surface area (Å²) >= 11 is 0. The Labute approximate surface area is 127 Å². The molecule has 4 heteroatoms. The van der Waals surface area contributed by atoms with E-state index in [0.717, 1.165) is 31.5 Å². The average molecular weight is 290 g/mol. The maximum absolute atomic E-state index is 12.5. The van der Waals surface area contributed by atoms with Gasteiger partial charge in [0.05, 0.1) is 5.60 Å². The zero-order chi connectivity index (χ0) is 15.5. The van der Waals surface area contributed by atoms with Crippen molar-refractivity contribution < 1.29 is 9.90 Å². The standard InChI is InChI=1S/C17H26N2O2/c1-17(21)9-4-11-19(12-10-17)16(20)15-7-5-14(6-8-15)13-18(2)3/h5-8,21H,4,9-13H2,1-3H3. The number of benzene rings is 1. The fraction of sp³-hybridized carbons (Fsp3) is 0.588. The van der Waals surface area contributed by atoms with Gasteiger partial charge in [0.25, 0.3) is 5.91 Å². The van der Waals surface area contributed by atoms with Gasteiger partial charge < -0.3 is 14.9 Å². The molecule has 1 aromatic rings. The molecule has 2 rings (SSSR count). The van der Waals surface area contributed by atoms with E-state index in [1.165, 1.54) is 5.56 Å². The third-order valence-electron chi connectivity index (χ3n) is 4.05. The van der Waals surface area contributed by atoms with Gasteiger partial charge in [-0.3, -0.25) is 4.79 Å². The van der Waals surface area contributed by atoms with Crippen LogP contribution in [-0.4, -0.2) is 53.6 Å². The van der Waals surface area contributed by atoms with Crippen molar-refractivity contribution in [2.75, 3.05) is 27.2 Å². The van der Waals surface area contributed by atoms with Crippen LogP contribution in [0.2, 0.25) is 0 Å². The maximum Gasteiger partial charge on any atom is 0.253 e.